The van der Waals surface area contributed by atoms with Crippen LogP contribution in [-0.2, 0) is 22.3 Å². The van der Waals surface area contributed by atoms with Crippen molar-refractivity contribution in [1.82, 2.24) is 9.78 Å². The largest absolute Gasteiger partial charge is 0.418 e. The molecule has 0 aliphatic carbocycles. The summed E-state index contributed by atoms with van der Waals surface area (Å²) >= 11 is 0. The summed E-state index contributed by atoms with van der Waals surface area (Å²) in [5.74, 6) is -1.42. The lowest BCUT2D eigenvalue weighted by molar-refractivity contribution is -0.137. The van der Waals surface area contributed by atoms with Crippen molar-refractivity contribution in [2.24, 2.45) is 0 Å². The van der Waals surface area contributed by atoms with Crippen LogP contribution in [0.2, 0.25) is 0 Å². The van der Waals surface area contributed by atoms with E-state index in [1.807, 2.05) is 6.92 Å². The van der Waals surface area contributed by atoms with E-state index in [2.05, 4.69) is 15.7 Å². The molecule has 1 saturated heterocycles. The van der Waals surface area contributed by atoms with Gasteiger partial charge in [-0.3, -0.25) is 14.4 Å². The van der Waals surface area contributed by atoms with Crippen LogP contribution in [0.4, 0.5) is 24.5 Å². The van der Waals surface area contributed by atoms with E-state index in [0.29, 0.717) is 25.9 Å². The molecule has 3 rings (SSSR count). The maximum absolute atomic E-state index is 13.6. The number of anilines is 2. The first-order valence-electron chi connectivity index (χ1n) is 9.72. The second-order valence-corrected chi connectivity index (χ2v) is 6.98. The zero-order valence-electron chi connectivity index (χ0n) is 16.7. The Bertz CT molecular complexity index is 1030. The smallest absolute Gasteiger partial charge is 0.368 e. The van der Waals surface area contributed by atoms with Gasteiger partial charge < -0.3 is 15.4 Å². The fourth-order valence-corrected chi connectivity index (χ4v) is 3.10. The molecule has 2 aromatic rings. The number of ether oxygens (including phenoxy) is 1. The lowest BCUT2D eigenvalue weighted by Crippen LogP contribution is -2.27. The third-order valence-electron chi connectivity index (χ3n) is 4.60. The molecule has 1 fully saturated rings. The molecule has 31 heavy (non-hydrogen) atoms. The molecular weight excluding hydrogens is 417 g/mol. The van der Waals surface area contributed by atoms with E-state index in [1.54, 1.807) is 0 Å². The van der Waals surface area contributed by atoms with Crippen LogP contribution in [0.5, 0.6) is 0 Å². The highest BCUT2D eigenvalue weighted by Crippen LogP contribution is 2.37. The van der Waals surface area contributed by atoms with Crippen molar-refractivity contribution < 1.29 is 27.5 Å². The van der Waals surface area contributed by atoms with Gasteiger partial charge in [-0.1, -0.05) is 6.92 Å². The van der Waals surface area contributed by atoms with E-state index < -0.39 is 40.9 Å². The number of rotatable bonds is 6. The summed E-state index contributed by atoms with van der Waals surface area (Å²) in [5.41, 5.74) is -2.31. The second kappa shape index (κ2) is 9.29. The molecule has 166 valence electrons. The van der Waals surface area contributed by atoms with E-state index in [4.69, 9.17) is 4.74 Å². The first-order valence-corrected chi connectivity index (χ1v) is 9.72. The molecule has 1 atom stereocenters. The quantitative estimate of drug-likeness (QED) is 0.722. The molecule has 1 aliphatic rings. The highest BCUT2D eigenvalue weighted by molar-refractivity contribution is 6.03. The van der Waals surface area contributed by atoms with Crippen molar-refractivity contribution in [2.75, 3.05) is 17.2 Å². The fraction of sp³-hybridized carbons (Fsp3) is 0.400. The van der Waals surface area contributed by atoms with Crippen LogP contribution >= 0.6 is 0 Å². The van der Waals surface area contributed by atoms with Crippen LogP contribution in [-0.4, -0.2) is 34.3 Å². The molecule has 0 saturated carbocycles. The number of hydrogen-bond donors (Lipinski definition) is 2. The summed E-state index contributed by atoms with van der Waals surface area (Å²) in [6.45, 7) is 2.51. The van der Waals surface area contributed by atoms with E-state index in [-0.39, 0.29) is 17.9 Å². The SMILES string of the molecule is CCCn1nc(C(=O)Nc2ccc(NC(=O)C3CCCO3)cc2C(F)(F)F)ccc1=O. The van der Waals surface area contributed by atoms with Gasteiger partial charge in [-0.05, 0) is 43.5 Å². The van der Waals surface area contributed by atoms with E-state index in [0.717, 1.165) is 28.9 Å². The number of carbonyl (C=O) groups is 2. The Morgan fingerprint density at radius 2 is 2.00 bits per heavy atom. The molecule has 0 spiro atoms. The van der Waals surface area contributed by atoms with Gasteiger partial charge in [-0.25, -0.2) is 4.68 Å². The number of halogens is 3. The van der Waals surface area contributed by atoms with Gasteiger partial charge >= 0.3 is 6.18 Å². The predicted octanol–water partition coefficient (Wildman–Crippen LogP) is 3.04. The summed E-state index contributed by atoms with van der Waals surface area (Å²) < 4.78 is 47.1. The van der Waals surface area contributed by atoms with E-state index in [1.165, 1.54) is 6.07 Å². The lowest BCUT2D eigenvalue weighted by Gasteiger charge is -2.17. The average molecular weight is 438 g/mol. The minimum atomic E-state index is -4.79. The number of nitrogens with zero attached hydrogens (tertiary/aromatic N) is 2. The minimum Gasteiger partial charge on any atom is -0.368 e. The summed E-state index contributed by atoms with van der Waals surface area (Å²) in [7, 11) is 0. The Balaban J connectivity index is 1.83. The monoisotopic (exact) mass is 438 g/mol. The molecule has 0 bridgehead atoms. The molecule has 11 heteroatoms. The van der Waals surface area contributed by atoms with Crippen LogP contribution in [0.15, 0.2) is 35.1 Å². The van der Waals surface area contributed by atoms with Crippen molar-refractivity contribution >= 4 is 23.2 Å². The first-order chi connectivity index (χ1) is 14.7. The Labute approximate surface area is 175 Å². The number of alkyl halides is 3. The number of aromatic nitrogens is 2. The van der Waals surface area contributed by atoms with Crippen LogP contribution in [0.1, 0.15) is 42.2 Å². The van der Waals surface area contributed by atoms with Gasteiger partial charge in [0, 0.05) is 24.9 Å². The van der Waals surface area contributed by atoms with Gasteiger partial charge in [0.2, 0.25) is 0 Å². The van der Waals surface area contributed by atoms with Crippen molar-refractivity contribution in [3.8, 4) is 0 Å². The van der Waals surface area contributed by atoms with Crippen LogP contribution in [0, 0.1) is 0 Å². The Morgan fingerprint density at radius 3 is 2.65 bits per heavy atom. The van der Waals surface area contributed by atoms with E-state index >= 15 is 0 Å². The predicted molar refractivity (Wildman–Crippen MR) is 106 cm³/mol. The zero-order valence-corrected chi connectivity index (χ0v) is 16.7. The van der Waals surface area contributed by atoms with Crippen molar-refractivity contribution in [2.45, 2.75) is 45.0 Å². The minimum absolute atomic E-state index is 0.0690. The number of hydrogen-bond acceptors (Lipinski definition) is 5. The molecule has 0 radical (unpaired) electrons. The summed E-state index contributed by atoms with van der Waals surface area (Å²) in [6.07, 6.45) is -3.69. The molecular formula is C20H21F3N4O4. The van der Waals surface area contributed by atoms with Gasteiger partial charge in [0.1, 0.15) is 11.8 Å². The lowest BCUT2D eigenvalue weighted by atomic mass is 10.1. The number of benzene rings is 1. The molecule has 1 unspecified atom stereocenters. The van der Waals surface area contributed by atoms with Crippen LogP contribution < -0.4 is 16.2 Å². The summed E-state index contributed by atoms with van der Waals surface area (Å²) in [4.78, 5) is 36.3. The molecule has 1 aromatic carbocycles. The standard InChI is InChI=1S/C20H21F3N4O4/c1-2-9-27-17(28)8-7-15(26-27)18(29)25-14-6-5-12(11-13(14)20(21,22)23)24-19(30)16-4-3-10-31-16/h5-8,11,16H,2-4,9-10H2,1H3,(H,24,30)(H,25,29). The Morgan fingerprint density at radius 1 is 1.23 bits per heavy atom. The van der Waals surface area contributed by atoms with Crippen LogP contribution in [0.25, 0.3) is 0 Å². The Kier molecular flexibility index (Phi) is 6.74. The third-order valence-corrected chi connectivity index (χ3v) is 4.60. The zero-order chi connectivity index (χ0) is 22.6. The highest BCUT2D eigenvalue weighted by atomic mass is 19.4. The maximum atomic E-state index is 13.6. The normalized spacial score (nSPS) is 16.2. The van der Waals surface area contributed by atoms with Crippen molar-refractivity contribution in [1.29, 1.82) is 0 Å². The molecule has 1 aliphatic heterocycles. The third kappa shape index (κ3) is 5.48. The molecule has 2 amide bonds. The molecule has 2 N–H and O–H groups in total. The number of nitrogens with one attached hydrogen (secondary N) is 2. The fourth-order valence-electron chi connectivity index (χ4n) is 3.10. The topological polar surface area (TPSA) is 102 Å². The molecule has 2 heterocycles. The van der Waals surface area contributed by atoms with Gasteiger partial charge in [0.15, 0.2) is 0 Å². The number of carbonyl (C=O) groups excluding carboxylic acids is 2. The molecule has 1 aromatic heterocycles. The highest BCUT2D eigenvalue weighted by Gasteiger charge is 2.35. The van der Waals surface area contributed by atoms with E-state index in [9.17, 15) is 27.6 Å². The Hall–Kier alpha value is -3.21. The maximum Gasteiger partial charge on any atom is 0.418 e. The summed E-state index contributed by atoms with van der Waals surface area (Å²) in [5, 5.41) is 8.48. The summed E-state index contributed by atoms with van der Waals surface area (Å²) in [6, 6.07) is 5.32. The second-order valence-electron chi connectivity index (χ2n) is 6.98. The van der Waals surface area contributed by atoms with Crippen molar-refractivity contribution in [3.63, 3.8) is 0 Å². The van der Waals surface area contributed by atoms with Gasteiger partial charge in [-0.15, -0.1) is 0 Å². The van der Waals surface area contributed by atoms with Gasteiger partial charge in [-0.2, -0.15) is 18.3 Å². The van der Waals surface area contributed by atoms with Gasteiger partial charge in [0.25, 0.3) is 17.4 Å². The number of aryl methyl sites for hydroxylation is 1. The average Bonchev–Trinajstić information content (AvgIpc) is 3.25. The molecule has 8 nitrogen and oxygen atoms in total. The van der Waals surface area contributed by atoms with Crippen molar-refractivity contribution in [3.05, 3.63) is 51.9 Å². The van der Waals surface area contributed by atoms with Gasteiger partial charge in [0.05, 0.1) is 11.3 Å². The first kappa shape index (κ1) is 22.5. The number of amides is 2. The van der Waals surface area contributed by atoms with Crippen LogP contribution in [0.3, 0.4) is 0 Å².